The Bertz CT molecular complexity index is 431. The van der Waals surface area contributed by atoms with Crippen LogP contribution in [0.15, 0.2) is 24.3 Å². The molecule has 0 fully saturated rings. The summed E-state index contributed by atoms with van der Waals surface area (Å²) in [5.41, 5.74) is 0. The predicted octanol–water partition coefficient (Wildman–Crippen LogP) is 3.33. The van der Waals surface area contributed by atoms with Gasteiger partial charge in [-0.15, -0.1) is 0 Å². The van der Waals surface area contributed by atoms with Gasteiger partial charge in [0.2, 0.25) is 7.37 Å². The molecule has 0 radical (unpaired) electrons. The van der Waals surface area contributed by atoms with Crippen LogP contribution < -0.4 is 5.30 Å². The summed E-state index contributed by atoms with van der Waals surface area (Å²) in [6, 6.07) is 4.98. The number of hydrogen-bond acceptors (Lipinski definition) is 2. The Morgan fingerprint density at radius 1 is 1.29 bits per heavy atom. The Kier molecular flexibility index (Phi) is 4.33. The van der Waals surface area contributed by atoms with E-state index in [0.29, 0.717) is 0 Å². The molecule has 1 rings (SSSR count). The fourth-order valence-electron chi connectivity index (χ4n) is 1.24. The molecule has 2 nitrogen and oxygen atoms in total. The van der Waals surface area contributed by atoms with E-state index in [9.17, 15) is 22.1 Å². The Morgan fingerprint density at radius 2 is 1.88 bits per heavy atom. The van der Waals surface area contributed by atoms with Gasteiger partial charge in [0.25, 0.3) is 0 Å². The number of alkyl halides is 3. The van der Waals surface area contributed by atoms with Gasteiger partial charge in [0.05, 0.1) is 5.30 Å². The minimum absolute atomic E-state index is 0.190. The van der Waals surface area contributed by atoms with Crippen molar-refractivity contribution in [3.8, 4) is 0 Å². The van der Waals surface area contributed by atoms with Crippen LogP contribution in [0.1, 0.15) is 6.92 Å². The molecule has 96 valence electrons. The second kappa shape index (κ2) is 5.19. The second-order valence-corrected chi connectivity index (χ2v) is 6.05. The summed E-state index contributed by atoms with van der Waals surface area (Å²) in [6.07, 6.45) is -4.78. The van der Waals surface area contributed by atoms with Crippen molar-refractivity contribution in [2.75, 3.05) is 12.8 Å². The van der Waals surface area contributed by atoms with E-state index in [-0.39, 0.29) is 11.5 Å². The molecule has 0 saturated carbocycles. The van der Waals surface area contributed by atoms with Crippen molar-refractivity contribution in [1.82, 2.24) is 0 Å². The van der Waals surface area contributed by atoms with Crippen LogP contribution in [0.2, 0.25) is 0 Å². The molecule has 0 aliphatic carbocycles. The number of hydrogen-bond donors (Lipinski definition) is 0. The second-order valence-electron chi connectivity index (χ2n) is 3.33. The molecule has 0 bridgehead atoms. The van der Waals surface area contributed by atoms with E-state index < -0.39 is 26.0 Å². The topological polar surface area (TPSA) is 26.3 Å². The zero-order valence-corrected chi connectivity index (χ0v) is 9.89. The molecule has 7 heteroatoms. The highest BCUT2D eigenvalue weighted by atomic mass is 31.2. The van der Waals surface area contributed by atoms with Gasteiger partial charge >= 0.3 is 6.18 Å². The first kappa shape index (κ1) is 14.2. The lowest BCUT2D eigenvalue weighted by molar-refractivity contribution is -0.153. The molecule has 17 heavy (non-hydrogen) atoms. The average molecular weight is 270 g/mol. The maximum absolute atomic E-state index is 13.4. The Labute approximate surface area is 96.0 Å². The number of rotatable bonds is 4. The van der Waals surface area contributed by atoms with Crippen LogP contribution in [-0.4, -0.2) is 18.9 Å². The Balaban J connectivity index is 2.97. The zero-order valence-electron chi connectivity index (χ0n) is 9.00. The molecule has 1 unspecified atom stereocenters. The van der Waals surface area contributed by atoms with Crippen molar-refractivity contribution in [3.63, 3.8) is 0 Å². The highest BCUT2D eigenvalue weighted by Gasteiger charge is 2.35. The molecule has 0 aromatic heterocycles. The van der Waals surface area contributed by atoms with Crippen molar-refractivity contribution < 1.29 is 26.7 Å². The monoisotopic (exact) mass is 270 g/mol. The molecule has 0 saturated heterocycles. The van der Waals surface area contributed by atoms with Gasteiger partial charge in [-0.2, -0.15) is 13.2 Å². The van der Waals surface area contributed by atoms with Crippen LogP contribution in [0.5, 0.6) is 0 Å². The van der Waals surface area contributed by atoms with Crippen molar-refractivity contribution >= 4 is 12.7 Å². The van der Waals surface area contributed by atoms with Crippen LogP contribution in [-0.2, 0) is 9.09 Å². The summed E-state index contributed by atoms with van der Waals surface area (Å²) in [6.45, 7) is -0.254. The van der Waals surface area contributed by atoms with E-state index in [0.717, 1.165) is 6.07 Å². The van der Waals surface area contributed by atoms with Gasteiger partial charge in [0.15, 0.2) is 6.61 Å². The maximum Gasteiger partial charge on any atom is 0.412 e. The molecule has 0 spiro atoms. The van der Waals surface area contributed by atoms with E-state index in [2.05, 4.69) is 4.52 Å². The largest absolute Gasteiger partial charge is 0.412 e. The van der Waals surface area contributed by atoms with E-state index in [1.807, 2.05) is 0 Å². The normalized spacial score (nSPS) is 15.6. The third-order valence-electron chi connectivity index (χ3n) is 2.07. The highest BCUT2D eigenvalue weighted by Crippen LogP contribution is 2.46. The van der Waals surface area contributed by atoms with Gasteiger partial charge in [-0.25, -0.2) is 4.39 Å². The quantitative estimate of drug-likeness (QED) is 0.619. The first-order valence-electron chi connectivity index (χ1n) is 4.84. The standard InChI is InChI=1S/C10H11F4O2P/c1-2-17(15,16-7-10(12,13)14)9-6-4-3-5-8(9)11/h3-6H,2,7H2,1H3. The van der Waals surface area contributed by atoms with Gasteiger partial charge in [-0.05, 0) is 12.1 Å². The fourth-order valence-corrected chi connectivity index (χ4v) is 2.97. The molecule has 0 aliphatic heterocycles. The molecule has 1 aromatic carbocycles. The Hall–Kier alpha value is -0.870. The molecule has 0 N–H and O–H groups in total. The first-order valence-corrected chi connectivity index (χ1v) is 6.65. The fraction of sp³-hybridized carbons (Fsp3) is 0.400. The minimum atomic E-state index is -4.59. The van der Waals surface area contributed by atoms with E-state index in [1.54, 1.807) is 0 Å². The van der Waals surface area contributed by atoms with Crippen LogP contribution in [0.4, 0.5) is 17.6 Å². The van der Waals surface area contributed by atoms with E-state index in [1.165, 1.54) is 25.1 Å². The van der Waals surface area contributed by atoms with Gasteiger partial charge < -0.3 is 4.52 Å². The smallest absolute Gasteiger partial charge is 0.316 e. The summed E-state index contributed by atoms with van der Waals surface area (Å²) < 4.78 is 65.8. The summed E-state index contributed by atoms with van der Waals surface area (Å²) in [7, 11) is -3.78. The van der Waals surface area contributed by atoms with Crippen LogP contribution in [0.25, 0.3) is 0 Å². The minimum Gasteiger partial charge on any atom is -0.316 e. The zero-order chi connectivity index (χ0) is 13.1. The van der Waals surface area contributed by atoms with E-state index >= 15 is 0 Å². The summed E-state index contributed by atoms with van der Waals surface area (Å²) in [4.78, 5) is 0. The summed E-state index contributed by atoms with van der Waals surface area (Å²) >= 11 is 0. The van der Waals surface area contributed by atoms with Gasteiger partial charge in [-0.1, -0.05) is 19.1 Å². The molecule has 1 aromatic rings. The summed E-state index contributed by atoms with van der Waals surface area (Å²) in [5, 5.41) is -0.299. The summed E-state index contributed by atoms with van der Waals surface area (Å²) in [5.74, 6) is -0.820. The lowest BCUT2D eigenvalue weighted by Crippen LogP contribution is -2.21. The maximum atomic E-state index is 13.4. The lowest BCUT2D eigenvalue weighted by Gasteiger charge is -2.18. The molecule has 1 atom stereocenters. The third-order valence-corrected chi connectivity index (χ3v) is 4.55. The first-order chi connectivity index (χ1) is 7.78. The number of benzene rings is 1. The predicted molar refractivity (Wildman–Crippen MR) is 56.2 cm³/mol. The van der Waals surface area contributed by atoms with Gasteiger partial charge in [-0.3, -0.25) is 4.57 Å². The molecule has 0 amide bonds. The molecule has 0 aliphatic rings. The van der Waals surface area contributed by atoms with Crippen LogP contribution in [0.3, 0.4) is 0 Å². The highest BCUT2D eigenvalue weighted by molar-refractivity contribution is 7.66. The Morgan fingerprint density at radius 3 is 2.35 bits per heavy atom. The lowest BCUT2D eigenvalue weighted by atomic mass is 10.3. The van der Waals surface area contributed by atoms with E-state index in [4.69, 9.17) is 0 Å². The van der Waals surface area contributed by atoms with Crippen LogP contribution in [0, 0.1) is 5.82 Å². The SMILES string of the molecule is CCP(=O)(OCC(F)(F)F)c1ccccc1F. The number of halogens is 4. The van der Waals surface area contributed by atoms with Crippen molar-refractivity contribution in [3.05, 3.63) is 30.1 Å². The van der Waals surface area contributed by atoms with Crippen molar-refractivity contribution in [2.45, 2.75) is 13.1 Å². The third kappa shape index (κ3) is 3.82. The van der Waals surface area contributed by atoms with Gasteiger partial charge in [0, 0.05) is 6.16 Å². The molecular formula is C10H11F4O2P. The van der Waals surface area contributed by atoms with Gasteiger partial charge in [0.1, 0.15) is 5.82 Å². The van der Waals surface area contributed by atoms with Crippen LogP contribution >= 0.6 is 7.37 Å². The van der Waals surface area contributed by atoms with Crippen molar-refractivity contribution in [2.24, 2.45) is 0 Å². The average Bonchev–Trinajstić information content (AvgIpc) is 2.26. The van der Waals surface area contributed by atoms with Crippen molar-refractivity contribution in [1.29, 1.82) is 0 Å². The molecule has 0 heterocycles. The molecular weight excluding hydrogens is 259 g/mol.